The Balaban J connectivity index is -0.00000280. The molecule has 0 aliphatic heterocycles. The molecule has 1 aromatic rings. The molecule has 0 bridgehead atoms. The molecule has 0 aliphatic carbocycles. The molecule has 30 heavy (non-hydrogen) atoms. The average molecular weight is 451 g/mol. The SMILES string of the molecule is CCCCCCCCCCCCCCCCCCCc1ccccc1S(=O)(=O)O.[H-].[H-].[Mg+2]. The van der Waals surface area contributed by atoms with Crippen molar-refractivity contribution in [1.82, 2.24) is 0 Å². The average Bonchev–Trinajstić information content (AvgIpc) is 2.70. The van der Waals surface area contributed by atoms with Crippen LogP contribution in [0.25, 0.3) is 0 Å². The molecular weight excluding hydrogens is 405 g/mol. The van der Waals surface area contributed by atoms with Crippen LogP contribution in [0.15, 0.2) is 29.2 Å². The summed E-state index contributed by atoms with van der Waals surface area (Å²) in [6.07, 6.45) is 23.4. The van der Waals surface area contributed by atoms with E-state index in [0.717, 1.165) is 18.4 Å². The summed E-state index contributed by atoms with van der Waals surface area (Å²) in [4.78, 5) is 0.0662. The zero-order valence-corrected chi connectivity index (χ0v) is 21.6. The zero-order chi connectivity index (χ0) is 21.2. The maximum absolute atomic E-state index is 11.4. The summed E-state index contributed by atoms with van der Waals surface area (Å²) in [5, 5.41) is 0. The van der Waals surface area contributed by atoms with Gasteiger partial charge in [0.05, 0.1) is 4.90 Å². The summed E-state index contributed by atoms with van der Waals surface area (Å²) in [7, 11) is -4.11. The van der Waals surface area contributed by atoms with Crippen LogP contribution in [0, 0.1) is 0 Å². The van der Waals surface area contributed by atoms with Crippen LogP contribution in [0.5, 0.6) is 0 Å². The summed E-state index contributed by atoms with van der Waals surface area (Å²) in [5.74, 6) is 0. The topological polar surface area (TPSA) is 54.4 Å². The van der Waals surface area contributed by atoms with Crippen molar-refractivity contribution in [3.05, 3.63) is 29.8 Å². The summed E-state index contributed by atoms with van der Waals surface area (Å²) in [6.45, 7) is 2.27. The molecule has 0 atom stereocenters. The number of hydrogen-bond acceptors (Lipinski definition) is 2. The largest absolute Gasteiger partial charge is 2.00 e. The van der Waals surface area contributed by atoms with E-state index < -0.39 is 10.1 Å². The third kappa shape index (κ3) is 15.7. The maximum Gasteiger partial charge on any atom is 2.00 e. The van der Waals surface area contributed by atoms with E-state index in [1.54, 1.807) is 12.1 Å². The van der Waals surface area contributed by atoms with Crippen molar-refractivity contribution in [1.29, 1.82) is 0 Å². The van der Waals surface area contributed by atoms with Gasteiger partial charge in [-0.25, -0.2) is 0 Å². The molecule has 0 fully saturated rings. The maximum atomic E-state index is 11.4. The molecule has 172 valence electrons. The van der Waals surface area contributed by atoms with Crippen molar-refractivity contribution in [2.75, 3.05) is 0 Å². The first kappa shape index (κ1) is 29.9. The van der Waals surface area contributed by atoms with Gasteiger partial charge in [-0.05, 0) is 24.5 Å². The standard InChI is InChI=1S/C25H44O3S.Mg.2H/c1-2-3-4-5-6-7-8-9-10-11-12-13-14-15-16-17-18-21-24-22-19-20-23-25(24)29(26,27)28;;;/h19-20,22-23H,2-18,21H2,1H3,(H,26,27,28);;;/q;+2;2*-1. The van der Waals surface area contributed by atoms with Gasteiger partial charge in [0, 0.05) is 0 Å². The monoisotopic (exact) mass is 450 g/mol. The Bertz CT molecular complexity index is 627. The molecule has 0 radical (unpaired) electrons. The molecule has 3 nitrogen and oxygen atoms in total. The van der Waals surface area contributed by atoms with Crippen molar-refractivity contribution < 1.29 is 15.8 Å². The van der Waals surface area contributed by atoms with E-state index in [-0.39, 0.29) is 30.8 Å². The number of unbranched alkanes of at least 4 members (excludes halogenated alkanes) is 16. The molecule has 0 saturated carbocycles. The molecule has 0 saturated heterocycles. The first-order valence-corrected chi connectivity index (χ1v) is 13.5. The fourth-order valence-electron chi connectivity index (χ4n) is 4.00. The van der Waals surface area contributed by atoms with Crippen LogP contribution in [-0.2, 0) is 16.5 Å². The summed E-state index contributed by atoms with van der Waals surface area (Å²) in [6, 6.07) is 6.77. The van der Waals surface area contributed by atoms with Crippen LogP contribution >= 0.6 is 0 Å². The Hall–Kier alpha value is -0.104. The smallest absolute Gasteiger partial charge is 1.00 e. The Morgan fingerprint density at radius 3 is 1.43 bits per heavy atom. The van der Waals surface area contributed by atoms with E-state index in [1.165, 1.54) is 102 Å². The van der Waals surface area contributed by atoms with Gasteiger partial charge in [-0.15, -0.1) is 0 Å². The summed E-state index contributed by atoms with van der Waals surface area (Å²) >= 11 is 0. The summed E-state index contributed by atoms with van der Waals surface area (Å²) < 4.78 is 32.1. The van der Waals surface area contributed by atoms with Crippen molar-refractivity contribution in [2.45, 2.75) is 127 Å². The Morgan fingerprint density at radius 2 is 1.03 bits per heavy atom. The normalized spacial score (nSPS) is 11.4. The molecule has 0 heterocycles. The fraction of sp³-hybridized carbons (Fsp3) is 0.760. The van der Waals surface area contributed by atoms with Crippen LogP contribution in [0.2, 0.25) is 0 Å². The van der Waals surface area contributed by atoms with E-state index in [9.17, 15) is 13.0 Å². The van der Waals surface area contributed by atoms with Gasteiger partial charge >= 0.3 is 23.1 Å². The van der Waals surface area contributed by atoms with Crippen LogP contribution in [0.1, 0.15) is 124 Å². The molecule has 5 heteroatoms. The third-order valence-electron chi connectivity index (χ3n) is 5.80. The van der Waals surface area contributed by atoms with Crippen LogP contribution in [0.4, 0.5) is 0 Å². The molecule has 1 aromatic carbocycles. The van der Waals surface area contributed by atoms with Gasteiger partial charge in [-0.3, -0.25) is 4.55 Å². The van der Waals surface area contributed by atoms with Gasteiger partial charge in [0.15, 0.2) is 0 Å². The second kappa shape index (κ2) is 19.6. The van der Waals surface area contributed by atoms with E-state index in [4.69, 9.17) is 0 Å². The van der Waals surface area contributed by atoms with E-state index >= 15 is 0 Å². The molecule has 1 rings (SSSR count). The zero-order valence-electron chi connectivity index (χ0n) is 21.4. The van der Waals surface area contributed by atoms with Crippen molar-refractivity contribution in [2.24, 2.45) is 0 Å². The first-order valence-electron chi connectivity index (χ1n) is 12.1. The van der Waals surface area contributed by atoms with Crippen molar-refractivity contribution in [3.8, 4) is 0 Å². The molecule has 1 N–H and O–H groups in total. The Morgan fingerprint density at radius 1 is 0.667 bits per heavy atom. The van der Waals surface area contributed by atoms with Gasteiger partial charge < -0.3 is 2.85 Å². The van der Waals surface area contributed by atoms with Gasteiger partial charge in [0.1, 0.15) is 0 Å². The van der Waals surface area contributed by atoms with Gasteiger partial charge in [-0.1, -0.05) is 128 Å². The molecule has 0 aliphatic rings. The number of benzene rings is 1. The molecular formula is C25H46MgO3S. The molecule has 0 unspecified atom stereocenters. The van der Waals surface area contributed by atoms with Crippen molar-refractivity contribution >= 4 is 33.2 Å². The Labute approximate surface area is 205 Å². The quantitative estimate of drug-likeness (QED) is 0.132. The van der Waals surface area contributed by atoms with E-state index in [0.29, 0.717) is 6.42 Å². The number of rotatable bonds is 19. The van der Waals surface area contributed by atoms with E-state index in [1.807, 2.05) is 6.07 Å². The predicted molar refractivity (Wildman–Crippen MR) is 132 cm³/mol. The number of aryl methyl sites for hydroxylation is 1. The molecule has 0 spiro atoms. The minimum absolute atomic E-state index is 0. The third-order valence-corrected chi connectivity index (χ3v) is 6.75. The second-order valence-corrected chi connectivity index (χ2v) is 9.88. The molecule has 0 aromatic heterocycles. The summed E-state index contributed by atoms with van der Waals surface area (Å²) in [5.41, 5.74) is 0.732. The predicted octanol–water partition coefficient (Wildman–Crippen LogP) is 7.97. The van der Waals surface area contributed by atoms with Crippen LogP contribution in [-0.4, -0.2) is 36.0 Å². The van der Waals surface area contributed by atoms with E-state index in [2.05, 4.69) is 6.92 Å². The van der Waals surface area contributed by atoms with Gasteiger partial charge in [0.25, 0.3) is 10.1 Å². The van der Waals surface area contributed by atoms with Gasteiger partial charge in [0.2, 0.25) is 0 Å². The Kier molecular flexibility index (Phi) is 19.5. The minimum atomic E-state index is -4.11. The fourth-order valence-corrected chi connectivity index (χ4v) is 4.75. The minimum Gasteiger partial charge on any atom is -1.00 e. The van der Waals surface area contributed by atoms with Gasteiger partial charge in [-0.2, -0.15) is 8.42 Å². The number of hydrogen-bond donors (Lipinski definition) is 1. The first-order chi connectivity index (χ1) is 14.1. The molecule has 0 amide bonds. The van der Waals surface area contributed by atoms with Crippen molar-refractivity contribution in [3.63, 3.8) is 0 Å². The second-order valence-electron chi connectivity index (χ2n) is 8.49. The van der Waals surface area contributed by atoms with Crippen LogP contribution in [0.3, 0.4) is 0 Å². The van der Waals surface area contributed by atoms with Crippen LogP contribution < -0.4 is 0 Å².